The number of benzene rings is 1. The molecule has 0 saturated heterocycles. The fraction of sp³-hybridized carbons (Fsp3) is 0.294. The molecule has 0 saturated carbocycles. The van der Waals surface area contributed by atoms with Crippen molar-refractivity contribution in [2.75, 3.05) is 11.9 Å². The summed E-state index contributed by atoms with van der Waals surface area (Å²) in [6.45, 7) is 2.80. The topological polar surface area (TPSA) is 54.0 Å². The summed E-state index contributed by atoms with van der Waals surface area (Å²) in [5.74, 6) is -0.154. The zero-order valence-corrected chi connectivity index (χ0v) is 14.4. The van der Waals surface area contributed by atoms with E-state index >= 15 is 0 Å². The molecule has 0 aliphatic rings. The third-order valence-corrected chi connectivity index (χ3v) is 3.65. The van der Waals surface area contributed by atoms with Crippen molar-refractivity contribution < 1.29 is 4.79 Å². The highest BCUT2D eigenvalue weighted by atomic mass is 35.5. The highest BCUT2D eigenvalue weighted by Gasteiger charge is 2.06. The summed E-state index contributed by atoms with van der Waals surface area (Å²) in [5, 5.41) is 7.11. The summed E-state index contributed by atoms with van der Waals surface area (Å²) in [4.78, 5) is 16.1. The molecule has 2 N–H and O–H groups in total. The van der Waals surface area contributed by atoms with Crippen molar-refractivity contribution in [3.63, 3.8) is 0 Å². The Bertz CT molecular complexity index is 639. The molecule has 1 aromatic carbocycles. The van der Waals surface area contributed by atoms with Crippen LogP contribution in [0, 0.1) is 0 Å². The number of amides is 1. The van der Waals surface area contributed by atoms with Gasteiger partial charge in [-0.15, -0.1) is 0 Å². The summed E-state index contributed by atoms with van der Waals surface area (Å²) in [6, 6.07) is 8.68. The van der Waals surface area contributed by atoms with E-state index in [9.17, 15) is 4.79 Å². The minimum absolute atomic E-state index is 0.154. The van der Waals surface area contributed by atoms with Crippen LogP contribution in [0.4, 0.5) is 11.4 Å². The SMILES string of the molecule is CCCCCNC(=O)c1ccc(Nc2cc(Cl)cc(Cl)c2)cn1. The highest BCUT2D eigenvalue weighted by Crippen LogP contribution is 2.25. The maximum Gasteiger partial charge on any atom is 0.269 e. The van der Waals surface area contributed by atoms with E-state index in [1.54, 1.807) is 36.5 Å². The number of nitrogens with zero attached hydrogens (tertiary/aromatic N) is 1. The second-order valence-electron chi connectivity index (χ2n) is 5.18. The number of aromatic nitrogens is 1. The minimum atomic E-state index is -0.154. The number of unbranched alkanes of at least 4 members (excludes halogenated alkanes) is 2. The van der Waals surface area contributed by atoms with Crippen LogP contribution >= 0.6 is 23.2 Å². The number of carbonyl (C=O) groups excluding carboxylic acids is 1. The molecule has 0 radical (unpaired) electrons. The third kappa shape index (κ3) is 5.73. The number of nitrogens with one attached hydrogen (secondary N) is 2. The zero-order valence-electron chi connectivity index (χ0n) is 12.9. The van der Waals surface area contributed by atoms with E-state index in [1.807, 2.05) is 0 Å². The molecule has 0 fully saturated rings. The van der Waals surface area contributed by atoms with Crippen LogP contribution in [0.3, 0.4) is 0 Å². The van der Waals surface area contributed by atoms with E-state index < -0.39 is 0 Å². The van der Waals surface area contributed by atoms with E-state index in [-0.39, 0.29) is 5.91 Å². The average molecular weight is 352 g/mol. The summed E-state index contributed by atoms with van der Waals surface area (Å²) in [7, 11) is 0. The van der Waals surface area contributed by atoms with E-state index in [1.165, 1.54) is 0 Å². The lowest BCUT2D eigenvalue weighted by Gasteiger charge is -2.08. The molecule has 0 bridgehead atoms. The average Bonchev–Trinajstić information content (AvgIpc) is 2.51. The van der Waals surface area contributed by atoms with Gasteiger partial charge in [0.15, 0.2) is 0 Å². The van der Waals surface area contributed by atoms with Crippen molar-refractivity contribution in [3.05, 3.63) is 52.3 Å². The molecule has 1 amide bonds. The smallest absolute Gasteiger partial charge is 0.269 e. The van der Waals surface area contributed by atoms with Crippen LogP contribution in [0.2, 0.25) is 10.0 Å². The van der Waals surface area contributed by atoms with Gasteiger partial charge in [-0.1, -0.05) is 43.0 Å². The normalized spacial score (nSPS) is 10.4. The van der Waals surface area contributed by atoms with Gasteiger partial charge in [0, 0.05) is 22.3 Å². The lowest BCUT2D eigenvalue weighted by atomic mass is 10.2. The predicted molar refractivity (Wildman–Crippen MR) is 95.8 cm³/mol. The number of halogens is 2. The maximum atomic E-state index is 11.9. The summed E-state index contributed by atoms with van der Waals surface area (Å²) >= 11 is 11.9. The van der Waals surface area contributed by atoms with Gasteiger partial charge in [0.2, 0.25) is 0 Å². The van der Waals surface area contributed by atoms with Crippen molar-refractivity contribution >= 4 is 40.5 Å². The summed E-state index contributed by atoms with van der Waals surface area (Å²) in [5.41, 5.74) is 1.92. The summed E-state index contributed by atoms with van der Waals surface area (Å²) < 4.78 is 0. The van der Waals surface area contributed by atoms with E-state index in [2.05, 4.69) is 22.5 Å². The van der Waals surface area contributed by atoms with Crippen LogP contribution < -0.4 is 10.6 Å². The quantitative estimate of drug-likeness (QED) is 0.686. The van der Waals surface area contributed by atoms with Crippen molar-refractivity contribution in [2.45, 2.75) is 26.2 Å². The monoisotopic (exact) mass is 351 g/mol. The second kappa shape index (κ2) is 8.75. The van der Waals surface area contributed by atoms with Crippen molar-refractivity contribution in [3.8, 4) is 0 Å². The Hall–Kier alpha value is -1.78. The molecule has 4 nitrogen and oxygen atoms in total. The number of rotatable bonds is 7. The first-order valence-corrected chi connectivity index (χ1v) is 8.31. The Morgan fingerprint density at radius 2 is 1.83 bits per heavy atom. The Morgan fingerprint density at radius 1 is 1.09 bits per heavy atom. The fourth-order valence-electron chi connectivity index (χ4n) is 2.06. The van der Waals surface area contributed by atoms with Crippen molar-refractivity contribution in [2.24, 2.45) is 0 Å². The molecular weight excluding hydrogens is 333 g/mol. The van der Waals surface area contributed by atoms with Crippen molar-refractivity contribution in [1.82, 2.24) is 10.3 Å². The first kappa shape index (κ1) is 17.6. The predicted octanol–water partition coefficient (Wildman–Crippen LogP) is 5.05. The van der Waals surface area contributed by atoms with Gasteiger partial charge in [0.25, 0.3) is 5.91 Å². The summed E-state index contributed by atoms with van der Waals surface area (Å²) in [6.07, 6.45) is 4.83. The van der Waals surface area contributed by atoms with Crippen LogP contribution in [0.1, 0.15) is 36.7 Å². The minimum Gasteiger partial charge on any atom is -0.354 e. The molecule has 0 aliphatic carbocycles. The highest BCUT2D eigenvalue weighted by molar-refractivity contribution is 6.35. The van der Waals surface area contributed by atoms with Crippen LogP contribution in [-0.4, -0.2) is 17.4 Å². The number of hydrogen-bond donors (Lipinski definition) is 2. The van der Waals surface area contributed by atoms with Crippen molar-refractivity contribution in [1.29, 1.82) is 0 Å². The standard InChI is InChI=1S/C17H19Cl2N3O/c1-2-3-4-7-20-17(23)16-6-5-14(11-21-16)22-15-9-12(18)8-13(19)10-15/h5-6,8-11,22H,2-4,7H2,1H3,(H,20,23). The van der Waals surface area contributed by atoms with Gasteiger partial charge in [0.05, 0.1) is 11.9 Å². The number of anilines is 2. The molecule has 0 atom stereocenters. The molecule has 23 heavy (non-hydrogen) atoms. The van der Waals surface area contributed by atoms with Gasteiger partial charge < -0.3 is 10.6 Å². The largest absolute Gasteiger partial charge is 0.354 e. The molecule has 6 heteroatoms. The number of carbonyl (C=O) groups is 1. The van der Waals surface area contributed by atoms with Gasteiger partial charge in [-0.25, -0.2) is 4.98 Å². The van der Waals surface area contributed by atoms with Crippen LogP contribution in [-0.2, 0) is 0 Å². The molecule has 2 aromatic rings. The number of pyridine rings is 1. The molecule has 0 spiro atoms. The second-order valence-corrected chi connectivity index (χ2v) is 6.05. The van der Waals surface area contributed by atoms with Gasteiger partial charge in [-0.05, 0) is 36.8 Å². The van der Waals surface area contributed by atoms with Gasteiger partial charge in [0.1, 0.15) is 5.69 Å². The molecule has 2 rings (SSSR count). The lowest BCUT2D eigenvalue weighted by molar-refractivity contribution is 0.0948. The van der Waals surface area contributed by atoms with Crippen LogP contribution in [0.15, 0.2) is 36.5 Å². The first-order valence-electron chi connectivity index (χ1n) is 7.56. The Balaban J connectivity index is 1.95. The van der Waals surface area contributed by atoms with Gasteiger partial charge in [-0.2, -0.15) is 0 Å². The number of hydrogen-bond acceptors (Lipinski definition) is 3. The van der Waals surface area contributed by atoms with E-state index in [4.69, 9.17) is 23.2 Å². The Kier molecular flexibility index (Phi) is 6.68. The third-order valence-electron chi connectivity index (χ3n) is 3.21. The van der Waals surface area contributed by atoms with Gasteiger partial charge in [-0.3, -0.25) is 4.79 Å². The van der Waals surface area contributed by atoms with E-state index in [0.717, 1.165) is 30.6 Å². The fourth-order valence-corrected chi connectivity index (χ4v) is 2.59. The van der Waals surface area contributed by atoms with Gasteiger partial charge >= 0.3 is 0 Å². The first-order chi connectivity index (χ1) is 11.1. The molecular formula is C17H19Cl2N3O. The molecule has 1 heterocycles. The molecule has 0 aliphatic heterocycles. The molecule has 122 valence electrons. The maximum absolute atomic E-state index is 11.9. The molecule has 1 aromatic heterocycles. The van der Waals surface area contributed by atoms with Crippen LogP contribution in [0.25, 0.3) is 0 Å². The molecule has 0 unspecified atom stereocenters. The lowest BCUT2D eigenvalue weighted by Crippen LogP contribution is -2.25. The van der Waals surface area contributed by atoms with E-state index in [0.29, 0.717) is 22.3 Å². The Labute approximate surface area is 146 Å². The Morgan fingerprint density at radius 3 is 2.43 bits per heavy atom. The van der Waals surface area contributed by atoms with Crippen LogP contribution in [0.5, 0.6) is 0 Å². The zero-order chi connectivity index (χ0) is 16.7.